The smallest absolute Gasteiger partial charge is 0.280 e. The van der Waals surface area contributed by atoms with Gasteiger partial charge in [-0.3, -0.25) is 0 Å². The lowest BCUT2D eigenvalue weighted by molar-refractivity contribution is 0.144. The molecule has 0 N–H and O–H groups in total. The Hall–Kier alpha value is -0.910. The Morgan fingerprint density at radius 2 is 2.00 bits per heavy atom. The van der Waals surface area contributed by atoms with Gasteiger partial charge in [-0.1, -0.05) is 0 Å². The van der Waals surface area contributed by atoms with Crippen molar-refractivity contribution >= 4 is 15.9 Å². The van der Waals surface area contributed by atoms with E-state index in [1.807, 2.05) is 0 Å². The molecular formula is C8H8BrF2NO2. The number of rotatable bonds is 3. The van der Waals surface area contributed by atoms with Gasteiger partial charge in [0.25, 0.3) is 12.3 Å². The number of nitrogens with zero attached hydrogens (tertiary/aromatic N) is 1. The maximum atomic E-state index is 12.3. The van der Waals surface area contributed by atoms with Gasteiger partial charge < -0.3 is 9.47 Å². The Kier molecular flexibility index (Phi) is 3.62. The second-order valence-corrected chi connectivity index (χ2v) is 3.23. The third-order valence-corrected chi connectivity index (χ3v) is 2.13. The summed E-state index contributed by atoms with van der Waals surface area (Å²) in [6, 6.07) is 1.20. The fraction of sp³-hybridized carbons (Fsp3) is 0.375. The van der Waals surface area contributed by atoms with Crippen LogP contribution in [0.2, 0.25) is 0 Å². The highest BCUT2D eigenvalue weighted by Gasteiger charge is 2.17. The first-order valence-corrected chi connectivity index (χ1v) is 4.46. The van der Waals surface area contributed by atoms with Crippen molar-refractivity contribution in [1.29, 1.82) is 0 Å². The Labute approximate surface area is 88.2 Å². The maximum Gasteiger partial charge on any atom is 0.280 e. The summed E-state index contributed by atoms with van der Waals surface area (Å²) in [6.45, 7) is 0. The van der Waals surface area contributed by atoms with Gasteiger partial charge in [0, 0.05) is 0 Å². The number of hydrogen-bond donors (Lipinski definition) is 0. The van der Waals surface area contributed by atoms with Gasteiger partial charge in [0.1, 0.15) is 5.69 Å². The number of halogens is 3. The molecule has 0 radical (unpaired) electrons. The van der Waals surface area contributed by atoms with Crippen LogP contribution in [0, 0.1) is 0 Å². The third kappa shape index (κ3) is 2.12. The summed E-state index contributed by atoms with van der Waals surface area (Å²) in [7, 11) is 2.75. The molecule has 3 nitrogen and oxygen atoms in total. The van der Waals surface area contributed by atoms with E-state index >= 15 is 0 Å². The van der Waals surface area contributed by atoms with E-state index in [0.29, 0.717) is 10.2 Å². The molecule has 14 heavy (non-hydrogen) atoms. The predicted octanol–water partition coefficient (Wildman–Crippen LogP) is 2.80. The minimum atomic E-state index is -2.63. The summed E-state index contributed by atoms with van der Waals surface area (Å²) < 4.78 is 34.8. The van der Waals surface area contributed by atoms with Crippen molar-refractivity contribution < 1.29 is 18.3 Å². The minimum absolute atomic E-state index is 0.0391. The number of methoxy groups -OCH3 is 2. The van der Waals surface area contributed by atoms with E-state index in [1.165, 1.54) is 20.3 Å². The van der Waals surface area contributed by atoms with Crippen LogP contribution in [0.5, 0.6) is 11.6 Å². The lowest BCUT2D eigenvalue weighted by Gasteiger charge is -2.09. The molecule has 0 aliphatic rings. The molecule has 1 aromatic heterocycles. The normalized spacial score (nSPS) is 10.4. The van der Waals surface area contributed by atoms with Gasteiger partial charge in [0.2, 0.25) is 0 Å². The lowest BCUT2D eigenvalue weighted by Crippen LogP contribution is -1.98. The van der Waals surface area contributed by atoms with Crippen LogP contribution in [-0.4, -0.2) is 19.2 Å². The van der Waals surface area contributed by atoms with Crippen molar-refractivity contribution in [1.82, 2.24) is 4.98 Å². The van der Waals surface area contributed by atoms with Gasteiger partial charge >= 0.3 is 0 Å². The summed E-state index contributed by atoms with van der Waals surface area (Å²) in [4.78, 5) is 3.60. The Bertz CT molecular complexity index is 333. The van der Waals surface area contributed by atoms with Crippen molar-refractivity contribution in [2.75, 3.05) is 14.2 Å². The van der Waals surface area contributed by atoms with E-state index in [1.54, 1.807) is 0 Å². The first-order valence-electron chi connectivity index (χ1n) is 3.66. The average Bonchev–Trinajstić information content (AvgIpc) is 2.16. The van der Waals surface area contributed by atoms with Crippen molar-refractivity contribution in [2.24, 2.45) is 0 Å². The molecule has 1 aromatic rings. The molecule has 78 valence electrons. The molecule has 1 rings (SSSR count). The zero-order valence-corrected chi connectivity index (χ0v) is 9.14. The molecule has 0 saturated carbocycles. The van der Waals surface area contributed by atoms with Crippen LogP contribution < -0.4 is 9.47 Å². The number of alkyl halides is 2. The van der Waals surface area contributed by atoms with Crippen molar-refractivity contribution in [3.8, 4) is 11.6 Å². The fourth-order valence-corrected chi connectivity index (χ4v) is 1.50. The topological polar surface area (TPSA) is 31.4 Å². The van der Waals surface area contributed by atoms with Crippen molar-refractivity contribution in [3.05, 3.63) is 16.2 Å². The number of ether oxygens (including phenoxy) is 2. The molecular weight excluding hydrogens is 260 g/mol. The monoisotopic (exact) mass is 267 g/mol. The summed E-state index contributed by atoms with van der Waals surface area (Å²) in [5.41, 5.74) is -0.352. The molecule has 0 aliphatic carbocycles. The van der Waals surface area contributed by atoms with Crippen LogP contribution >= 0.6 is 15.9 Å². The molecule has 1 heterocycles. The molecule has 0 spiro atoms. The van der Waals surface area contributed by atoms with Gasteiger partial charge in [-0.05, 0) is 22.0 Å². The first-order chi connectivity index (χ1) is 6.60. The number of aromatic nitrogens is 1. The summed E-state index contributed by atoms with van der Waals surface area (Å²) in [5, 5.41) is 0. The summed E-state index contributed by atoms with van der Waals surface area (Å²) in [5.74, 6) is 0.342. The van der Waals surface area contributed by atoms with Gasteiger partial charge in [-0.15, -0.1) is 0 Å². The third-order valence-electron chi connectivity index (χ3n) is 1.54. The van der Waals surface area contributed by atoms with Crippen LogP contribution in [0.15, 0.2) is 10.5 Å². The van der Waals surface area contributed by atoms with Crippen molar-refractivity contribution in [3.63, 3.8) is 0 Å². The average molecular weight is 268 g/mol. The second kappa shape index (κ2) is 4.54. The molecule has 6 heteroatoms. The molecule has 0 aromatic carbocycles. The van der Waals surface area contributed by atoms with Gasteiger partial charge in [0.15, 0.2) is 5.75 Å². The summed E-state index contributed by atoms with van der Waals surface area (Å²) in [6.07, 6.45) is -2.63. The SMILES string of the molecule is COc1nc(C(F)F)cc(Br)c1OC. The fourth-order valence-electron chi connectivity index (χ4n) is 0.933. The first kappa shape index (κ1) is 11.2. The number of hydrogen-bond acceptors (Lipinski definition) is 3. The number of pyridine rings is 1. The Morgan fingerprint density at radius 1 is 1.36 bits per heavy atom. The van der Waals surface area contributed by atoms with Crippen molar-refractivity contribution in [2.45, 2.75) is 6.43 Å². The zero-order valence-electron chi connectivity index (χ0n) is 7.55. The highest BCUT2D eigenvalue weighted by atomic mass is 79.9. The van der Waals surface area contributed by atoms with E-state index in [-0.39, 0.29) is 11.6 Å². The highest BCUT2D eigenvalue weighted by molar-refractivity contribution is 9.10. The molecule has 0 bridgehead atoms. The Balaban J connectivity index is 3.24. The van der Waals surface area contributed by atoms with Crippen LogP contribution in [-0.2, 0) is 0 Å². The predicted molar refractivity (Wildman–Crippen MR) is 50.0 cm³/mol. The van der Waals surface area contributed by atoms with Crippen LogP contribution in [0.3, 0.4) is 0 Å². The van der Waals surface area contributed by atoms with Crippen LogP contribution in [0.4, 0.5) is 8.78 Å². The molecule has 0 unspecified atom stereocenters. The zero-order chi connectivity index (χ0) is 10.7. The molecule has 0 amide bonds. The van der Waals surface area contributed by atoms with E-state index in [2.05, 4.69) is 20.9 Å². The van der Waals surface area contributed by atoms with E-state index in [4.69, 9.17) is 9.47 Å². The standard InChI is InChI=1S/C8H8BrF2NO2/c1-13-6-4(9)3-5(7(10)11)12-8(6)14-2/h3,7H,1-2H3. The second-order valence-electron chi connectivity index (χ2n) is 2.37. The largest absolute Gasteiger partial charge is 0.490 e. The van der Waals surface area contributed by atoms with Crippen LogP contribution in [0.25, 0.3) is 0 Å². The molecule has 0 fully saturated rings. The quantitative estimate of drug-likeness (QED) is 0.844. The van der Waals surface area contributed by atoms with E-state index in [9.17, 15) is 8.78 Å². The van der Waals surface area contributed by atoms with E-state index < -0.39 is 6.43 Å². The van der Waals surface area contributed by atoms with Gasteiger partial charge in [-0.2, -0.15) is 0 Å². The molecule has 0 atom stereocenters. The van der Waals surface area contributed by atoms with Gasteiger partial charge in [0.05, 0.1) is 18.7 Å². The van der Waals surface area contributed by atoms with Crippen LogP contribution in [0.1, 0.15) is 12.1 Å². The highest BCUT2D eigenvalue weighted by Crippen LogP contribution is 2.35. The van der Waals surface area contributed by atoms with E-state index in [0.717, 1.165) is 0 Å². The maximum absolute atomic E-state index is 12.3. The lowest BCUT2D eigenvalue weighted by atomic mass is 10.3. The minimum Gasteiger partial charge on any atom is -0.490 e. The van der Waals surface area contributed by atoms with Gasteiger partial charge in [-0.25, -0.2) is 13.8 Å². The molecule has 0 saturated heterocycles. The molecule has 0 aliphatic heterocycles. The summed E-state index contributed by atoms with van der Waals surface area (Å²) >= 11 is 3.09. The Morgan fingerprint density at radius 3 is 2.43 bits per heavy atom.